The molecule has 1 unspecified atom stereocenters. The van der Waals surface area contributed by atoms with Gasteiger partial charge in [0.2, 0.25) is 0 Å². The van der Waals surface area contributed by atoms with Crippen LogP contribution in [0.4, 0.5) is 5.69 Å². The van der Waals surface area contributed by atoms with Gasteiger partial charge in [-0.3, -0.25) is 14.9 Å². The lowest BCUT2D eigenvalue weighted by atomic mass is 10.0. The lowest BCUT2D eigenvalue weighted by Crippen LogP contribution is -2.26. The van der Waals surface area contributed by atoms with E-state index in [1.807, 2.05) is 31.2 Å². The van der Waals surface area contributed by atoms with Crippen molar-refractivity contribution in [1.82, 2.24) is 5.32 Å². The lowest BCUT2D eigenvalue weighted by molar-refractivity contribution is -0.384. The van der Waals surface area contributed by atoms with Crippen LogP contribution in [0.3, 0.4) is 0 Å². The molecular weight excluding hydrogens is 316 g/mol. The molecule has 0 saturated heterocycles. The van der Waals surface area contributed by atoms with Gasteiger partial charge in [0.1, 0.15) is 5.02 Å². The van der Waals surface area contributed by atoms with Crippen molar-refractivity contribution in [3.8, 4) is 0 Å². The molecule has 0 fully saturated rings. The molecule has 0 saturated carbocycles. The summed E-state index contributed by atoms with van der Waals surface area (Å²) in [5.74, 6) is -0.378. The molecule has 0 aliphatic heterocycles. The Morgan fingerprint density at radius 1 is 1.26 bits per heavy atom. The summed E-state index contributed by atoms with van der Waals surface area (Å²) >= 11 is 5.75. The van der Waals surface area contributed by atoms with Crippen molar-refractivity contribution in [1.29, 1.82) is 0 Å². The summed E-state index contributed by atoms with van der Waals surface area (Å²) in [6.45, 7) is 3.94. The smallest absolute Gasteiger partial charge is 0.288 e. The van der Waals surface area contributed by atoms with Gasteiger partial charge in [-0.1, -0.05) is 42.8 Å². The summed E-state index contributed by atoms with van der Waals surface area (Å²) in [6.07, 6.45) is 0.954. The van der Waals surface area contributed by atoms with Crippen molar-refractivity contribution < 1.29 is 9.72 Å². The molecule has 23 heavy (non-hydrogen) atoms. The van der Waals surface area contributed by atoms with E-state index in [0.717, 1.165) is 12.0 Å². The number of hydrogen-bond donors (Lipinski definition) is 1. The van der Waals surface area contributed by atoms with Crippen LogP contribution in [-0.2, 0) is 6.42 Å². The van der Waals surface area contributed by atoms with Crippen LogP contribution in [0.25, 0.3) is 0 Å². The molecule has 120 valence electrons. The Balaban J connectivity index is 2.14. The number of nitrogens with zero attached hydrogens (tertiary/aromatic N) is 1. The third kappa shape index (κ3) is 4.07. The van der Waals surface area contributed by atoms with Crippen LogP contribution in [0.15, 0.2) is 42.5 Å². The lowest BCUT2D eigenvalue weighted by Gasteiger charge is -2.15. The SMILES string of the molecule is CCc1ccc(C(C)NC(=O)c2ccc(Cl)c([N+](=O)[O-])c2)cc1. The molecule has 2 rings (SSSR count). The number of nitro benzene ring substituents is 1. The number of aryl methyl sites for hydroxylation is 1. The Morgan fingerprint density at radius 2 is 1.91 bits per heavy atom. The molecule has 5 nitrogen and oxygen atoms in total. The van der Waals surface area contributed by atoms with Gasteiger partial charge in [0.05, 0.1) is 11.0 Å². The monoisotopic (exact) mass is 332 g/mol. The largest absolute Gasteiger partial charge is 0.346 e. The first-order valence-corrected chi connectivity index (χ1v) is 7.63. The number of carbonyl (C=O) groups excluding carboxylic acids is 1. The van der Waals surface area contributed by atoms with Gasteiger partial charge in [-0.15, -0.1) is 0 Å². The zero-order valence-electron chi connectivity index (χ0n) is 12.9. The van der Waals surface area contributed by atoms with E-state index in [0.29, 0.717) is 0 Å². The zero-order valence-corrected chi connectivity index (χ0v) is 13.6. The first-order valence-electron chi connectivity index (χ1n) is 7.26. The molecule has 2 aromatic carbocycles. The maximum atomic E-state index is 12.3. The van der Waals surface area contributed by atoms with Crippen molar-refractivity contribution in [3.63, 3.8) is 0 Å². The second-order valence-electron chi connectivity index (χ2n) is 5.21. The Bertz CT molecular complexity index is 729. The molecule has 1 N–H and O–H groups in total. The first-order chi connectivity index (χ1) is 10.9. The van der Waals surface area contributed by atoms with Crippen LogP contribution in [0.2, 0.25) is 5.02 Å². The number of hydrogen-bond acceptors (Lipinski definition) is 3. The third-order valence-electron chi connectivity index (χ3n) is 3.64. The topological polar surface area (TPSA) is 72.2 Å². The minimum absolute atomic E-state index is 0.00903. The average Bonchev–Trinajstić information content (AvgIpc) is 2.54. The summed E-state index contributed by atoms with van der Waals surface area (Å²) in [6, 6.07) is 11.8. The molecule has 1 amide bonds. The second kappa shape index (κ2) is 7.24. The molecule has 1 atom stereocenters. The summed E-state index contributed by atoms with van der Waals surface area (Å²) in [4.78, 5) is 22.5. The fourth-order valence-corrected chi connectivity index (χ4v) is 2.39. The number of rotatable bonds is 5. The minimum Gasteiger partial charge on any atom is -0.346 e. The standard InChI is InChI=1S/C17H17ClN2O3/c1-3-12-4-6-13(7-5-12)11(2)19-17(21)14-8-9-15(18)16(10-14)20(22)23/h4-11H,3H2,1-2H3,(H,19,21). The van der Waals surface area contributed by atoms with Crippen LogP contribution in [0, 0.1) is 10.1 Å². The highest BCUT2D eigenvalue weighted by Gasteiger charge is 2.17. The summed E-state index contributed by atoms with van der Waals surface area (Å²) in [5.41, 5.74) is 2.12. The van der Waals surface area contributed by atoms with Crippen molar-refractivity contribution in [2.24, 2.45) is 0 Å². The van der Waals surface area contributed by atoms with E-state index < -0.39 is 4.92 Å². The molecule has 0 bridgehead atoms. The number of halogens is 1. The molecule has 0 radical (unpaired) electrons. The molecule has 0 spiro atoms. The van der Waals surface area contributed by atoms with E-state index in [4.69, 9.17) is 11.6 Å². The third-order valence-corrected chi connectivity index (χ3v) is 3.96. The van der Waals surface area contributed by atoms with Crippen molar-refractivity contribution in [2.75, 3.05) is 0 Å². The van der Waals surface area contributed by atoms with Gasteiger partial charge in [-0.2, -0.15) is 0 Å². The van der Waals surface area contributed by atoms with Gasteiger partial charge in [0.15, 0.2) is 0 Å². The molecule has 0 heterocycles. The van der Waals surface area contributed by atoms with Crippen LogP contribution in [-0.4, -0.2) is 10.8 Å². The highest BCUT2D eigenvalue weighted by atomic mass is 35.5. The summed E-state index contributed by atoms with van der Waals surface area (Å²) in [7, 11) is 0. The summed E-state index contributed by atoms with van der Waals surface area (Å²) in [5, 5.41) is 13.7. The van der Waals surface area contributed by atoms with Gasteiger partial charge in [0.25, 0.3) is 11.6 Å². The quantitative estimate of drug-likeness (QED) is 0.655. The maximum Gasteiger partial charge on any atom is 0.288 e. The number of amides is 1. The van der Waals surface area contributed by atoms with Crippen LogP contribution in [0.5, 0.6) is 0 Å². The van der Waals surface area contributed by atoms with Crippen molar-refractivity contribution in [2.45, 2.75) is 26.3 Å². The van der Waals surface area contributed by atoms with Gasteiger partial charge in [-0.05, 0) is 36.6 Å². The van der Waals surface area contributed by atoms with Crippen molar-refractivity contribution >= 4 is 23.2 Å². The normalized spacial score (nSPS) is 11.8. The molecule has 0 aromatic heterocycles. The van der Waals surface area contributed by atoms with Gasteiger partial charge in [-0.25, -0.2) is 0 Å². The Hall–Kier alpha value is -2.40. The average molecular weight is 333 g/mol. The van der Waals surface area contributed by atoms with E-state index >= 15 is 0 Å². The Labute approximate surface area is 139 Å². The molecule has 2 aromatic rings. The van der Waals surface area contributed by atoms with Gasteiger partial charge in [0, 0.05) is 11.6 Å². The fraction of sp³-hybridized carbons (Fsp3) is 0.235. The highest BCUT2D eigenvalue weighted by Crippen LogP contribution is 2.25. The maximum absolute atomic E-state index is 12.3. The first kappa shape index (κ1) is 17.0. The zero-order chi connectivity index (χ0) is 17.0. The molecule has 6 heteroatoms. The van der Waals surface area contributed by atoms with Crippen molar-refractivity contribution in [3.05, 3.63) is 74.3 Å². The predicted molar refractivity (Wildman–Crippen MR) is 89.8 cm³/mol. The Kier molecular flexibility index (Phi) is 5.34. The minimum atomic E-state index is -0.605. The number of carbonyl (C=O) groups is 1. The van der Waals surface area contributed by atoms with E-state index in [1.54, 1.807) is 0 Å². The van der Waals surface area contributed by atoms with Crippen LogP contribution >= 0.6 is 11.6 Å². The number of nitro groups is 1. The number of benzene rings is 2. The van der Waals surface area contributed by atoms with Crippen LogP contribution < -0.4 is 5.32 Å². The molecule has 0 aliphatic rings. The molecular formula is C17H17ClN2O3. The van der Waals surface area contributed by atoms with E-state index in [-0.39, 0.29) is 28.2 Å². The van der Waals surface area contributed by atoms with E-state index in [2.05, 4.69) is 12.2 Å². The molecule has 0 aliphatic carbocycles. The van der Waals surface area contributed by atoms with Gasteiger partial charge < -0.3 is 5.32 Å². The van der Waals surface area contributed by atoms with Crippen LogP contribution in [0.1, 0.15) is 41.4 Å². The summed E-state index contributed by atoms with van der Waals surface area (Å²) < 4.78 is 0. The highest BCUT2D eigenvalue weighted by molar-refractivity contribution is 6.32. The Morgan fingerprint density at radius 3 is 2.48 bits per heavy atom. The number of nitrogens with one attached hydrogen (secondary N) is 1. The van der Waals surface area contributed by atoms with E-state index in [9.17, 15) is 14.9 Å². The van der Waals surface area contributed by atoms with E-state index in [1.165, 1.54) is 23.8 Å². The second-order valence-corrected chi connectivity index (χ2v) is 5.62. The predicted octanol–water partition coefficient (Wildman–Crippen LogP) is 4.30. The fourth-order valence-electron chi connectivity index (χ4n) is 2.20. The van der Waals surface area contributed by atoms with Gasteiger partial charge >= 0.3 is 0 Å².